The first-order valence-electron chi connectivity index (χ1n) is 10.8. The summed E-state index contributed by atoms with van der Waals surface area (Å²) in [6, 6.07) is 11.8. The minimum Gasteiger partial charge on any atom is -0.487 e. The van der Waals surface area contributed by atoms with E-state index in [9.17, 15) is 0 Å². The second-order valence-electron chi connectivity index (χ2n) is 8.87. The van der Waals surface area contributed by atoms with Gasteiger partial charge >= 0.3 is 0 Å². The third kappa shape index (κ3) is 2.74. The van der Waals surface area contributed by atoms with Crippen LogP contribution in [-0.4, -0.2) is 39.0 Å². The van der Waals surface area contributed by atoms with Crippen LogP contribution in [0.4, 0.5) is 0 Å². The van der Waals surface area contributed by atoms with Crippen LogP contribution in [0.3, 0.4) is 0 Å². The molecule has 6 rings (SSSR count). The van der Waals surface area contributed by atoms with Gasteiger partial charge in [-0.05, 0) is 73.2 Å². The van der Waals surface area contributed by atoms with Crippen LogP contribution in [0.1, 0.15) is 44.1 Å². The molecule has 4 heteroatoms. The minimum absolute atomic E-state index is 0.0204. The van der Waals surface area contributed by atoms with Crippen molar-refractivity contribution in [3.05, 3.63) is 54.5 Å². The third-order valence-corrected chi connectivity index (χ3v) is 7.16. The maximum atomic E-state index is 6.63. The molecule has 4 nitrogen and oxygen atoms in total. The third-order valence-electron chi connectivity index (χ3n) is 7.16. The largest absolute Gasteiger partial charge is 0.487 e. The zero-order valence-corrected chi connectivity index (χ0v) is 16.3. The van der Waals surface area contributed by atoms with Gasteiger partial charge in [-0.25, -0.2) is 4.98 Å². The van der Waals surface area contributed by atoms with Gasteiger partial charge in [0, 0.05) is 44.0 Å². The number of aromatic nitrogens is 2. The lowest BCUT2D eigenvalue weighted by Crippen LogP contribution is -2.39. The van der Waals surface area contributed by atoms with E-state index in [1.165, 1.54) is 61.9 Å². The van der Waals surface area contributed by atoms with Crippen LogP contribution in [-0.2, 0) is 6.42 Å². The Bertz CT molecular complexity index is 1010. The van der Waals surface area contributed by atoms with E-state index >= 15 is 0 Å². The molecule has 0 radical (unpaired) electrons. The second-order valence-corrected chi connectivity index (χ2v) is 8.87. The molecule has 1 aromatic carbocycles. The molecule has 0 amide bonds. The Hall–Kier alpha value is -2.33. The van der Waals surface area contributed by atoms with Gasteiger partial charge in [-0.2, -0.15) is 0 Å². The number of fused-ring (bicyclic) bond motifs is 3. The van der Waals surface area contributed by atoms with Gasteiger partial charge in [-0.15, -0.1) is 0 Å². The molecule has 2 fully saturated rings. The van der Waals surface area contributed by atoms with Crippen molar-refractivity contribution in [2.45, 2.75) is 56.6 Å². The van der Waals surface area contributed by atoms with E-state index in [4.69, 9.17) is 4.74 Å². The van der Waals surface area contributed by atoms with E-state index in [1.54, 1.807) is 0 Å². The number of ether oxygens (including phenoxy) is 1. The highest BCUT2D eigenvalue weighted by atomic mass is 16.5. The second kappa shape index (κ2) is 6.35. The number of piperidine rings is 1. The number of pyridine rings is 1. The number of hydrogen-bond donors (Lipinski definition) is 0. The lowest BCUT2D eigenvalue weighted by atomic mass is 9.88. The summed E-state index contributed by atoms with van der Waals surface area (Å²) in [5.74, 6) is 1.10. The average molecular weight is 374 g/mol. The molecule has 1 spiro atoms. The SMILES string of the molecule is c1cn2cc(-c3ccc4c(c3)CC3(CCC5CCCCN5CC3)O4)ccc2n1. The molecule has 5 heterocycles. The smallest absolute Gasteiger partial charge is 0.136 e. The van der Waals surface area contributed by atoms with Gasteiger partial charge in [-0.3, -0.25) is 0 Å². The maximum Gasteiger partial charge on any atom is 0.136 e. The summed E-state index contributed by atoms with van der Waals surface area (Å²) in [4.78, 5) is 7.08. The van der Waals surface area contributed by atoms with Gasteiger partial charge in [0.2, 0.25) is 0 Å². The topological polar surface area (TPSA) is 29.8 Å². The molecular weight excluding hydrogens is 346 g/mol. The highest BCUT2D eigenvalue weighted by Crippen LogP contribution is 2.44. The summed E-state index contributed by atoms with van der Waals surface area (Å²) in [6.07, 6.45) is 14.9. The molecule has 3 aliphatic heterocycles. The molecule has 0 saturated carbocycles. The molecule has 0 bridgehead atoms. The average Bonchev–Trinajstić information content (AvgIpc) is 3.29. The zero-order chi connectivity index (χ0) is 18.6. The number of hydrogen-bond acceptors (Lipinski definition) is 3. The molecule has 2 saturated heterocycles. The maximum absolute atomic E-state index is 6.63. The highest BCUT2D eigenvalue weighted by Gasteiger charge is 2.42. The van der Waals surface area contributed by atoms with E-state index in [-0.39, 0.29) is 5.60 Å². The first-order chi connectivity index (χ1) is 13.8. The monoisotopic (exact) mass is 373 g/mol. The van der Waals surface area contributed by atoms with Crippen LogP contribution in [0.25, 0.3) is 16.8 Å². The van der Waals surface area contributed by atoms with Gasteiger partial charge in [0.15, 0.2) is 0 Å². The standard InChI is InChI=1S/C24H27N3O/c1-2-12-26-13-10-24(9-8-21(26)3-1)16-20-15-18(4-6-22(20)28-24)19-5-7-23-25-11-14-27(23)17-19/h4-7,11,14-15,17,21H,1-3,8-10,12-13,16H2. The predicted molar refractivity (Wildman–Crippen MR) is 111 cm³/mol. The fraction of sp³-hybridized carbons (Fsp3) is 0.458. The Morgan fingerprint density at radius 2 is 1.96 bits per heavy atom. The fourth-order valence-corrected chi connectivity index (χ4v) is 5.57. The molecule has 3 aliphatic rings. The minimum atomic E-state index is 0.0204. The number of imidazole rings is 1. The van der Waals surface area contributed by atoms with Crippen LogP contribution in [0.5, 0.6) is 5.75 Å². The van der Waals surface area contributed by atoms with Gasteiger partial charge in [0.1, 0.15) is 17.0 Å². The lowest BCUT2D eigenvalue weighted by Gasteiger charge is -2.33. The van der Waals surface area contributed by atoms with Gasteiger partial charge in [0.25, 0.3) is 0 Å². The van der Waals surface area contributed by atoms with Crippen LogP contribution in [0, 0.1) is 0 Å². The van der Waals surface area contributed by atoms with Crippen molar-refractivity contribution >= 4 is 5.65 Å². The van der Waals surface area contributed by atoms with Crippen molar-refractivity contribution in [2.24, 2.45) is 0 Å². The van der Waals surface area contributed by atoms with Gasteiger partial charge in [0.05, 0.1) is 0 Å². The zero-order valence-electron chi connectivity index (χ0n) is 16.3. The highest BCUT2D eigenvalue weighted by molar-refractivity contribution is 5.67. The number of rotatable bonds is 1. The Kier molecular flexibility index (Phi) is 3.76. The normalized spacial score (nSPS) is 27.4. The first-order valence-corrected chi connectivity index (χ1v) is 10.8. The number of nitrogens with zero attached hydrogens (tertiary/aromatic N) is 3. The molecular formula is C24H27N3O. The van der Waals surface area contributed by atoms with Crippen molar-refractivity contribution in [1.82, 2.24) is 14.3 Å². The summed E-state index contributed by atoms with van der Waals surface area (Å²) < 4.78 is 8.71. The molecule has 0 aliphatic carbocycles. The molecule has 2 unspecified atom stereocenters. The Labute approximate surface area is 166 Å². The lowest BCUT2D eigenvalue weighted by molar-refractivity contribution is 0.0768. The Morgan fingerprint density at radius 1 is 1.00 bits per heavy atom. The van der Waals surface area contributed by atoms with Crippen LogP contribution >= 0.6 is 0 Å². The van der Waals surface area contributed by atoms with Crippen LogP contribution in [0.2, 0.25) is 0 Å². The first kappa shape index (κ1) is 16.6. The quantitative estimate of drug-likeness (QED) is 0.618. The Balaban J connectivity index is 1.27. The molecule has 2 aromatic heterocycles. The van der Waals surface area contributed by atoms with Crippen LogP contribution < -0.4 is 4.74 Å². The number of benzene rings is 1. The summed E-state index contributed by atoms with van der Waals surface area (Å²) in [7, 11) is 0. The van der Waals surface area contributed by atoms with E-state index < -0.39 is 0 Å². The van der Waals surface area contributed by atoms with E-state index in [2.05, 4.69) is 50.8 Å². The molecule has 144 valence electrons. The van der Waals surface area contributed by atoms with Crippen molar-refractivity contribution in [3.63, 3.8) is 0 Å². The van der Waals surface area contributed by atoms with E-state index in [1.807, 2.05) is 12.4 Å². The summed E-state index contributed by atoms with van der Waals surface area (Å²) in [5, 5.41) is 0. The molecule has 0 N–H and O–H groups in total. The Morgan fingerprint density at radius 3 is 2.96 bits per heavy atom. The fourth-order valence-electron chi connectivity index (χ4n) is 5.57. The van der Waals surface area contributed by atoms with Crippen molar-refractivity contribution < 1.29 is 4.74 Å². The summed E-state index contributed by atoms with van der Waals surface area (Å²) in [6.45, 7) is 2.48. The van der Waals surface area contributed by atoms with Crippen molar-refractivity contribution in [3.8, 4) is 16.9 Å². The predicted octanol–water partition coefficient (Wildman–Crippen LogP) is 4.71. The van der Waals surface area contributed by atoms with Gasteiger partial charge in [-0.1, -0.05) is 12.5 Å². The molecule has 28 heavy (non-hydrogen) atoms. The van der Waals surface area contributed by atoms with E-state index in [0.717, 1.165) is 30.3 Å². The summed E-state index contributed by atoms with van der Waals surface area (Å²) in [5.41, 5.74) is 4.88. The van der Waals surface area contributed by atoms with Crippen molar-refractivity contribution in [1.29, 1.82) is 0 Å². The van der Waals surface area contributed by atoms with Crippen molar-refractivity contribution in [2.75, 3.05) is 13.1 Å². The summed E-state index contributed by atoms with van der Waals surface area (Å²) >= 11 is 0. The van der Waals surface area contributed by atoms with Gasteiger partial charge < -0.3 is 14.0 Å². The van der Waals surface area contributed by atoms with Crippen LogP contribution in [0.15, 0.2) is 48.9 Å². The molecule has 3 aromatic rings. The molecule has 2 atom stereocenters. The van der Waals surface area contributed by atoms with E-state index in [0.29, 0.717) is 0 Å².